The number of thiophene rings is 1. The molecule has 0 fully saturated rings. The van der Waals surface area contributed by atoms with E-state index in [1.54, 1.807) is 11.3 Å². The largest absolute Gasteiger partial charge is 0.337 e. The van der Waals surface area contributed by atoms with Crippen LogP contribution in [-0.4, -0.2) is 10.1 Å². The molecule has 0 aromatic carbocycles. The lowest BCUT2D eigenvalue weighted by Crippen LogP contribution is -2.35. The van der Waals surface area contributed by atoms with Crippen LogP contribution in [0.4, 0.5) is 0 Å². The minimum absolute atomic E-state index is 0.514. The molecule has 0 atom stereocenters. The minimum Gasteiger partial charge on any atom is -0.337 e. The van der Waals surface area contributed by atoms with Gasteiger partial charge in [0, 0.05) is 9.85 Å². The molecule has 2 rings (SSSR count). The summed E-state index contributed by atoms with van der Waals surface area (Å²) in [6.45, 7) is 4.05. The number of nitrogens with zero attached hydrogens (tertiary/aromatic N) is 2. The standard InChI is InChI=1S/C11H14BrN3OS/c1-3-11(13,4-2)10-14-9(15-16-10)8-5-7(12)6-17-8/h5-6H,3-4,13H2,1-2H3. The van der Waals surface area contributed by atoms with Crippen molar-refractivity contribution in [1.82, 2.24) is 10.1 Å². The third-order valence-electron chi connectivity index (χ3n) is 2.90. The van der Waals surface area contributed by atoms with E-state index in [1.807, 2.05) is 25.3 Å². The summed E-state index contributed by atoms with van der Waals surface area (Å²) in [5, 5.41) is 5.97. The quantitative estimate of drug-likeness (QED) is 0.937. The van der Waals surface area contributed by atoms with Crippen molar-refractivity contribution in [2.24, 2.45) is 5.73 Å². The molecule has 0 bridgehead atoms. The summed E-state index contributed by atoms with van der Waals surface area (Å²) in [7, 11) is 0. The fraction of sp³-hybridized carbons (Fsp3) is 0.455. The summed E-state index contributed by atoms with van der Waals surface area (Å²) in [5.41, 5.74) is 5.70. The van der Waals surface area contributed by atoms with Gasteiger partial charge in [0.2, 0.25) is 11.7 Å². The van der Waals surface area contributed by atoms with E-state index in [4.69, 9.17) is 10.3 Å². The van der Waals surface area contributed by atoms with Crippen LogP contribution in [0.5, 0.6) is 0 Å². The van der Waals surface area contributed by atoms with E-state index < -0.39 is 5.54 Å². The van der Waals surface area contributed by atoms with Gasteiger partial charge in [-0.25, -0.2) is 0 Å². The SMILES string of the molecule is CCC(N)(CC)c1nc(-c2cc(Br)cs2)no1. The maximum absolute atomic E-state index is 6.21. The highest BCUT2D eigenvalue weighted by Gasteiger charge is 2.30. The van der Waals surface area contributed by atoms with Crippen molar-refractivity contribution in [2.75, 3.05) is 0 Å². The monoisotopic (exact) mass is 315 g/mol. The first kappa shape index (κ1) is 12.7. The normalized spacial score (nSPS) is 12.0. The first-order chi connectivity index (χ1) is 8.09. The van der Waals surface area contributed by atoms with Gasteiger partial charge in [-0.15, -0.1) is 11.3 Å². The number of hydrogen-bond acceptors (Lipinski definition) is 5. The van der Waals surface area contributed by atoms with Crippen molar-refractivity contribution >= 4 is 27.3 Å². The fourth-order valence-electron chi connectivity index (χ4n) is 1.51. The third-order valence-corrected chi connectivity index (χ3v) is 4.59. The smallest absolute Gasteiger partial charge is 0.247 e. The average molecular weight is 316 g/mol. The summed E-state index contributed by atoms with van der Waals surface area (Å²) in [5.74, 6) is 1.12. The molecule has 0 aliphatic heterocycles. The Morgan fingerprint density at radius 3 is 2.71 bits per heavy atom. The van der Waals surface area contributed by atoms with Gasteiger partial charge < -0.3 is 10.3 Å². The fourth-order valence-corrected chi connectivity index (χ4v) is 2.86. The second-order valence-corrected chi connectivity index (χ2v) is 5.74. The van der Waals surface area contributed by atoms with Crippen molar-refractivity contribution in [2.45, 2.75) is 32.2 Å². The second kappa shape index (κ2) is 4.88. The van der Waals surface area contributed by atoms with Crippen LogP contribution in [0, 0.1) is 0 Å². The number of nitrogens with two attached hydrogens (primary N) is 1. The van der Waals surface area contributed by atoms with Gasteiger partial charge in [-0.3, -0.25) is 0 Å². The zero-order chi connectivity index (χ0) is 12.5. The number of hydrogen-bond donors (Lipinski definition) is 1. The van der Waals surface area contributed by atoms with Gasteiger partial charge in [0.05, 0.1) is 10.4 Å². The molecule has 0 saturated heterocycles. The Kier molecular flexibility index (Phi) is 3.65. The molecule has 0 spiro atoms. The minimum atomic E-state index is -0.514. The summed E-state index contributed by atoms with van der Waals surface area (Å²) < 4.78 is 6.30. The summed E-state index contributed by atoms with van der Waals surface area (Å²) in [6.07, 6.45) is 1.55. The van der Waals surface area contributed by atoms with Crippen LogP contribution in [0.2, 0.25) is 0 Å². The van der Waals surface area contributed by atoms with E-state index in [9.17, 15) is 0 Å². The zero-order valence-electron chi connectivity index (χ0n) is 9.74. The predicted octanol–water partition coefficient (Wildman–Crippen LogP) is 3.53. The van der Waals surface area contributed by atoms with Crippen molar-refractivity contribution in [3.05, 3.63) is 21.8 Å². The van der Waals surface area contributed by atoms with Gasteiger partial charge in [-0.05, 0) is 34.8 Å². The van der Waals surface area contributed by atoms with Crippen LogP contribution < -0.4 is 5.73 Å². The number of halogens is 1. The second-order valence-electron chi connectivity index (χ2n) is 3.92. The Hall–Kier alpha value is -0.720. The lowest BCUT2D eigenvalue weighted by Gasteiger charge is -2.20. The summed E-state index contributed by atoms with van der Waals surface area (Å²) in [6, 6.07) is 1.97. The Morgan fingerprint density at radius 1 is 1.47 bits per heavy atom. The van der Waals surface area contributed by atoms with Gasteiger partial charge in [0.15, 0.2) is 0 Å². The lowest BCUT2D eigenvalue weighted by atomic mass is 9.94. The predicted molar refractivity (Wildman–Crippen MR) is 71.8 cm³/mol. The molecule has 0 amide bonds. The number of rotatable bonds is 4. The lowest BCUT2D eigenvalue weighted by molar-refractivity contribution is 0.268. The molecule has 92 valence electrons. The van der Waals surface area contributed by atoms with Gasteiger partial charge in [0.1, 0.15) is 0 Å². The van der Waals surface area contributed by atoms with Crippen LogP contribution in [0.3, 0.4) is 0 Å². The Morgan fingerprint density at radius 2 is 2.18 bits per heavy atom. The first-order valence-corrected chi connectivity index (χ1v) is 7.13. The molecule has 2 N–H and O–H groups in total. The van der Waals surface area contributed by atoms with E-state index in [0.717, 1.165) is 22.2 Å². The molecule has 0 unspecified atom stereocenters. The molecule has 2 aromatic heterocycles. The van der Waals surface area contributed by atoms with E-state index in [0.29, 0.717) is 11.7 Å². The van der Waals surface area contributed by atoms with Crippen molar-refractivity contribution in [3.63, 3.8) is 0 Å². The summed E-state index contributed by atoms with van der Waals surface area (Å²) >= 11 is 4.97. The van der Waals surface area contributed by atoms with E-state index in [-0.39, 0.29) is 0 Å². The first-order valence-electron chi connectivity index (χ1n) is 5.46. The number of aromatic nitrogens is 2. The third kappa shape index (κ3) is 2.43. The molecule has 0 aliphatic rings. The molecule has 0 radical (unpaired) electrons. The average Bonchev–Trinajstić information content (AvgIpc) is 2.96. The molecule has 4 nitrogen and oxygen atoms in total. The summed E-state index contributed by atoms with van der Waals surface area (Å²) in [4.78, 5) is 5.37. The van der Waals surface area contributed by atoms with Crippen molar-refractivity contribution < 1.29 is 4.52 Å². The highest BCUT2D eigenvalue weighted by Crippen LogP contribution is 2.30. The van der Waals surface area contributed by atoms with E-state index >= 15 is 0 Å². The van der Waals surface area contributed by atoms with Gasteiger partial charge in [-0.2, -0.15) is 4.98 Å². The van der Waals surface area contributed by atoms with Gasteiger partial charge in [0.25, 0.3) is 0 Å². The van der Waals surface area contributed by atoms with Crippen LogP contribution in [0.1, 0.15) is 32.6 Å². The van der Waals surface area contributed by atoms with Crippen LogP contribution in [-0.2, 0) is 5.54 Å². The Bertz CT molecular complexity index is 504. The Labute approximate surface area is 112 Å². The molecule has 2 heterocycles. The van der Waals surface area contributed by atoms with E-state index in [2.05, 4.69) is 26.1 Å². The molecule has 0 saturated carbocycles. The van der Waals surface area contributed by atoms with Crippen LogP contribution in [0.15, 0.2) is 20.4 Å². The molecule has 6 heteroatoms. The van der Waals surface area contributed by atoms with Crippen molar-refractivity contribution in [3.8, 4) is 10.7 Å². The Balaban J connectivity index is 2.33. The van der Waals surface area contributed by atoms with Gasteiger partial charge in [-0.1, -0.05) is 19.0 Å². The van der Waals surface area contributed by atoms with Crippen LogP contribution >= 0.6 is 27.3 Å². The molecular formula is C11H14BrN3OS. The zero-order valence-corrected chi connectivity index (χ0v) is 12.1. The molecule has 0 aliphatic carbocycles. The molecule has 2 aromatic rings. The molecule has 17 heavy (non-hydrogen) atoms. The highest BCUT2D eigenvalue weighted by molar-refractivity contribution is 9.10. The van der Waals surface area contributed by atoms with Crippen LogP contribution in [0.25, 0.3) is 10.7 Å². The highest BCUT2D eigenvalue weighted by atomic mass is 79.9. The topological polar surface area (TPSA) is 64.9 Å². The van der Waals surface area contributed by atoms with Gasteiger partial charge >= 0.3 is 0 Å². The van der Waals surface area contributed by atoms with E-state index in [1.165, 1.54) is 0 Å². The molecular weight excluding hydrogens is 302 g/mol. The maximum atomic E-state index is 6.21. The van der Waals surface area contributed by atoms with Crippen molar-refractivity contribution in [1.29, 1.82) is 0 Å². The maximum Gasteiger partial charge on any atom is 0.247 e.